The molecule has 0 fully saturated rings. The molecule has 0 aromatic rings. The van der Waals surface area contributed by atoms with Crippen LogP contribution in [0, 0.1) is 5.41 Å². The Bertz CT molecular complexity index is 123. The van der Waals surface area contributed by atoms with Gasteiger partial charge in [0.05, 0.1) is 0 Å². The van der Waals surface area contributed by atoms with Gasteiger partial charge in [-0.1, -0.05) is 0 Å². The Hall–Kier alpha value is 0.110. The Kier molecular flexibility index (Phi) is 8.05. The molecule has 0 aliphatic rings. The third-order valence-corrected chi connectivity index (χ3v) is 3.67. The average molecular weight is 213 g/mol. The summed E-state index contributed by atoms with van der Waals surface area (Å²) in [6.07, 6.45) is 1.37. The van der Waals surface area contributed by atoms with Gasteiger partial charge >= 0.3 is 0 Å². The van der Waals surface area contributed by atoms with Crippen molar-refractivity contribution >= 4 is 14.7 Å². The van der Waals surface area contributed by atoms with Gasteiger partial charge in [-0.3, -0.25) is 5.41 Å². The number of hydrogen-bond donors (Lipinski definition) is 1. The van der Waals surface area contributed by atoms with E-state index in [2.05, 4.69) is 9.34 Å². The summed E-state index contributed by atoms with van der Waals surface area (Å²) in [5, 5.41) is 7.10. The lowest BCUT2D eigenvalue weighted by atomic mass is 11.2. The Labute approximate surface area is 82.4 Å². The Morgan fingerprint density at radius 1 is 1.00 bits per heavy atom. The minimum Gasteiger partial charge on any atom is -1.00 e. The molecular formula is C6H18ClN4P. The fourth-order valence-corrected chi connectivity index (χ4v) is 3.27. The maximum Gasteiger partial charge on any atom is 0.236 e. The van der Waals surface area contributed by atoms with Gasteiger partial charge in [0.1, 0.15) is 6.34 Å². The number of halogens is 1. The predicted molar refractivity (Wildman–Crippen MR) is 52.2 cm³/mol. The summed E-state index contributed by atoms with van der Waals surface area (Å²) in [4.78, 5) is 0. The number of nitrogens with one attached hydrogen (secondary N) is 1. The molecule has 1 N–H and O–H groups in total. The molecular weight excluding hydrogens is 195 g/mol. The Morgan fingerprint density at radius 2 is 1.33 bits per heavy atom. The van der Waals surface area contributed by atoms with Crippen molar-refractivity contribution in [3.05, 3.63) is 0 Å². The molecule has 0 aliphatic carbocycles. The minimum absolute atomic E-state index is 0. The molecule has 0 saturated heterocycles. The van der Waals surface area contributed by atoms with E-state index in [4.69, 9.17) is 5.41 Å². The zero-order valence-corrected chi connectivity index (χ0v) is 10.1. The highest BCUT2D eigenvalue weighted by molar-refractivity contribution is 7.50. The first kappa shape index (κ1) is 14.6. The first-order chi connectivity index (χ1) is 5.00. The molecule has 0 radical (unpaired) electrons. The van der Waals surface area contributed by atoms with Crippen molar-refractivity contribution in [3.8, 4) is 0 Å². The van der Waals surface area contributed by atoms with Crippen molar-refractivity contribution in [1.82, 2.24) is 14.0 Å². The van der Waals surface area contributed by atoms with Crippen molar-refractivity contribution in [3.63, 3.8) is 0 Å². The minimum atomic E-state index is -0.850. The van der Waals surface area contributed by atoms with Crippen LogP contribution < -0.4 is 12.4 Å². The van der Waals surface area contributed by atoms with Crippen LogP contribution in [-0.2, 0) is 0 Å². The zero-order valence-electron chi connectivity index (χ0n) is 8.30. The van der Waals surface area contributed by atoms with Crippen LogP contribution in [0.15, 0.2) is 0 Å². The molecule has 74 valence electrons. The number of nitrogens with zero attached hydrogens (tertiary/aromatic N) is 3. The third kappa shape index (κ3) is 4.21. The summed E-state index contributed by atoms with van der Waals surface area (Å²) >= 11 is 0. The smallest absolute Gasteiger partial charge is 0.236 e. The fourth-order valence-electron chi connectivity index (χ4n) is 1.09. The molecule has 0 bridgehead atoms. The van der Waals surface area contributed by atoms with Gasteiger partial charge in [-0.25, -0.2) is 4.67 Å². The lowest BCUT2D eigenvalue weighted by molar-refractivity contribution is -0.00000280. The summed E-state index contributed by atoms with van der Waals surface area (Å²) in [5.41, 5.74) is 0. The van der Waals surface area contributed by atoms with Gasteiger partial charge in [-0.15, -0.1) is 0 Å². The molecule has 0 rings (SSSR count). The van der Waals surface area contributed by atoms with Crippen LogP contribution in [0.25, 0.3) is 0 Å². The maximum atomic E-state index is 7.10. The lowest BCUT2D eigenvalue weighted by Crippen LogP contribution is -3.00. The fraction of sp³-hybridized carbons (Fsp3) is 0.833. The van der Waals surface area contributed by atoms with E-state index >= 15 is 0 Å². The summed E-state index contributed by atoms with van der Waals surface area (Å²) < 4.78 is 6.23. The van der Waals surface area contributed by atoms with Crippen molar-refractivity contribution < 1.29 is 12.4 Å². The molecule has 12 heavy (non-hydrogen) atoms. The molecule has 0 aliphatic heterocycles. The molecule has 4 nitrogen and oxygen atoms in total. The molecule has 0 aromatic heterocycles. The van der Waals surface area contributed by atoms with Crippen LogP contribution in [0.4, 0.5) is 0 Å². The molecule has 0 unspecified atom stereocenters. The van der Waals surface area contributed by atoms with Gasteiger partial charge in [0.25, 0.3) is 0 Å². The van der Waals surface area contributed by atoms with E-state index in [-0.39, 0.29) is 12.4 Å². The molecule has 0 heterocycles. The van der Waals surface area contributed by atoms with Crippen LogP contribution in [0.1, 0.15) is 0 Å². The third-order valence-electron chi connectivity index (χ3n) is 1.31. The first-order valence-corrected chi connectivity index (χ1v) is 4.80. The van der Waals surface area contributed by atoms with Crippen LogP contribution >= 0.6 is 8.37 Å². The van der Waals surface area contributed by atoms with Gasteiger partial charge in [-0.2, -0.15) is 9.34 Å². The topological polar surface area (TPSA) is 33.6 Å². The van der Waals surface area contributed by atoms with Gasteiger partial charge in [0.2, 0.25) is 8.37 Å². The number of rotatable bonds is 4. The standard InChI is InChI=1S/C6H17N4P.ClH/c1-8(2)11(9(3)4)10(5)6-7;/h6-7H,1-5H3;1H. The van der Waals surface area contributed by atoms with Crippen molar-refractivity contribution in [1.29, 1.82) is 5.41 Å². The molecule has 0 saturated carbocycles. The van der Waals surface area contributed by atoms with Crippen molar-refractivity contribution in [2.75, 3.05) is 35.2 Å². The molecule has 0 aromatic carbocycles. The second-order valence-corrected chi connectivity index (χ2v) is 5.92. The predicted octanol–water partition coefficient (Wildman–Crippen LogP) is -2.39. The van der Waals surface area contributed by atoms with Crippen LogP contribution in [-0.4, -0.2) is 55.6 Å². The van der Waals surface area contributed by atoms with Crippen LogP contribution in [0.5, 0.6) is 0 Å². The van der Waals surface area contributed by atoms with Gasteiger partial charge < -0.3 is 12.4 Å². The zero-order chi connectivity index (χ0) is 9.02. The van der Waals surface area contributed by atoms with Crippen molar-refractivity contribution in [2.24, 2.45) is 0 Å². The maximum absolute atomic E-state index is 7.10. The van der Waals surface area contributed by atoms with E-state index in [1.165, 1.54) is 6.34 Å². The summed E-state index contributed by atoms with van der Waals surface area (Å²) in [6, 6.07) is 0. The summed E-state index contributed by atoms with van der Waals surface area (Å²) in [6.45, 7) is 0. The summed E-state index contributed by atoms with van der Waals surface area (Å²) in [7, 11) is 9.23. The van der Waals surface area contributed by atoms with E-state index in [1.54, 1.807) is 0 Å². The summed E-state index contributed by atoms with van der Waals surface area (Å²) in [5.74, 6) is 0. The number of hydrogen-bond acceptors (Lipinski definition) is 3. The SMILES string of the molecule is CN(C)[PH+](N(C)C)N(C)C=N.[Cl-]. The van der Waals surface area contributed by atoms with Crippen LogP contribution in [0.2, 0.25) is 0 Å². The van der Waals surface area contributed by atoms with E-state index in [0.29, 0.717) is 0 Å². The van der Waals surface area contributed by atoms with Gasteiger partial charge in [-0.05, 0) is 0 Å². The van der Waals surface area contributed by atoms with E-state index in [0.717, 1.165) is 0 Å². The van der Waals surface area contributed by atoms with Gasteiger partial charge in [0.15, 0.2) is 0 Å². The Morgan fingerprint density at radius 3 is 1.42 bits per heavy atom. The largest absolute Gasteiger partial charge is 1.00 e. The molecule has 0 spiro atoms. The molecule has 0 amide bonds. The monoisotopic (exact) mass is 212 g/mol. The first-order valence-electron chi connectivity index (χ1n) is 3.45. The normalized spacial score (nSPS) is 10.3. The second-order valence-electron chi connectivity index (χ2n) is 2.83. The highest BCUT2D eigenvalue weighted by atomic mass is 35.5. The highest BCUT2D eigenvalue weighted by Gasteiger charge is 2.25. The van der Waals surface area contributed by atoms with Gasteiger partial charge in [0, 0.05) is 35.2 Å². The Balaban J connectivity index is 0. The lowest BCUT2D eigenvalue weighted by Gasteiger charge is -2.26. The van der Waals surface area contributed by atoms with E-state index in [9.17, 15) is 0 Å². The second kappa shape index (κ2) is 6.61. The van der Waals surface area contributed by atoms with E-state index < -0.39 is 8.37 Å². The highest BCUT2D eigenvalue weighted by Crippen LogP contribution is 2.41. The quantitative estimate of drug-likeness (QED) is 0.321. The van der Waals surface area contributed by atoms with Crippen molar-refractivity contribution in [2.45, 2.75) is 0 Å². The van der Waals surface area contributed by atoms with Crippen LogP contribution in [0.3, 0.4) is 0 Å². The average Bonchev–Trinajstić information content (AvgIpc) is 1.85. The molecule has 0 atom stereocenters. The van der Waals surface area contributed by atoms with E-state index in [1.807, 2.05) is 39.9 Å². The molecule has 6 heteroatoms.